The molecular weight excluding hydrogens is 359 g/mol. The van der Waals surface area contributed by atoms with Gasteiger partial charge in [0.15, 0.2) is 0 Å². The Morgan fingerprint density at radius 3 is 2.36 bits per heavy atom. The third-order valence-electron chi connectivity index (χ3n) is 3.94. The summed E-state index contributed by atoms with van der Waals surface area (Å²) in [5.41, 5.74) is 3.80. The van der Waals surface area contributed by atoms with E-state index >= 15 is 0 Å². The largest absolute Gasteiger partial charge is 0.336 e. The topological polar surface area (TPSA) is 49.4 Å². The fraction of sp³-hybridized carbons (Fsp3) is 0.263. The molecule has 0 aliphatic heterocycles. The lowest BCUT2D eigenvalue weighted by atomic mass is 10.0. The van der Waals surface area contributed by atoms with E-state index < -0.39 is 0 Å². The van der Waals surface area contributed by atoms with E-state index in [1.165, 1.54) is 10.5 Å². The molecule has 4 nitrogen and oxygen atoms in total. The van der Waals surface area contributed by atoms with Gasteiger partial charge in [0, 0.05) is 12.7 Å². The highest BCUT2D eigenvalue weighted by Gasteiger charge is 2.14. The number of hydrogen-bond donors (Lipinski definition) is 1. The maximum atomic E-state index is 12.3. The highest BCUT2D eigenvalue weighted by molar-refractivity contribution is 6.42. The molecule has 25 heavy (non-hydrogen) atoms. The number of nitrogens with zero attached hydrogens (tertiary/aromatic N) is 1. The van der Waals surface area contributed by atoms with Crippen LogP contribution in [0.5, 0.6) is 0 Å². The number of aryl methyl sites for hydroxylation is 2. The average Bonchev–Trinajstić information content (AvgIpc) is 2.54. The molecular formula is C19H20Cl2N2O2. The smallest absolute Gasteiger partial charge is 0.243 e. The molecule has 0 atom stereocenters. The zero-order valence-corrected chi connectivity index (χ0v) is 15.9. The number of rotatable bonds is 5. The Balaban J connectivity index is 1.92. The van der Waals surface area contributed by atoms with Crippen molar-refractivity contribution >= 4 is 40.7 Å². The summed E-state index contributed by atoms with van der Waals surface area (Å²) in [5, 5.41) is 3.48. The quantitative estimate of drug-likeness (QED) is 0.845. The van der Waals surface area contributed by atoms with Gasteiger partial charge in [-0.1, -0.05) is 41.4 Å². The number of carbonyl (C=O) groups excluding carboxylic acids is 2. The normalized spacial score (nSPS) is 10.4. The number of hydrogen-bond acceptors (Lipinski definition) is 2. The second kappa shape index (κ2) is 8.37. The molecule has 0 aliphatic carbocycles. The van der Waals surface area contributed by atoms with Gasteiger partial charge in [-0.05, 0) is 48.7 Å². The SMILES string of the molecule is Cc1ccc(CC(=O)N(C)CC(=O)Nc2ccc(Cl)c(Cl)c2)cc1C. The lowest BCUT2D eigenvalue weighted by Crippen LogP contribution is -2.35. The summed E-state index contributed by atoms with van der Waals surface area (Å²) < 4.78 is 0. The van der Waals surface area contributed by atoms with Crippen LogP contribution in [-0.4, -0.2) is 30.3 Å². The van der Waals surface area contributed by atoms with Crippen LogP contribution in [0.15, 0.2) is 36.4 Å². The third kappa shape index (κ3) is 5.48. The number of carbonyl (C=O) groups is 2. The van der Waals surface area contributed by atoms with Crippen LogP contribution < -0.4 is 5.32 Å². The molecule has 0 fully saturated rings. The Hall–Kier alpha value is -2.04. The van der Waals surface area contributed by atoms with Crippen molar-refractivity contribution in [3.05, 3.63) is 63.1 Å². The maximum Gasteiger partial charge on any atom is 0.243 e. The van der Waals surface area contributed by atoms with E-state index in [4.69, 9.17) is 23.2 Å². The first-order valence-electron chi connectivity index (χ1n) is 7.81. The van der Waals surface area contributed by atoms with Gasteiger partial charge in [0.1, 0.15) is 0 Å². The second-order valence-electron chi connectivity index (χ2n) is 6.02. The van der Waals surface area contributed by atoms with Gasteiger partial charge in [-0.3, -0.25) is 9.59 Å². The van der Waals surface area contributed by atoms with Gasteiger partial charge in [-0.25, -0.2) is 0 Å². The zero-order chi connectivity index (χ0) is 18.6. The zero-order valence-electron chi connectivity index (χ0n) is 14.4. The summed E-state index contributed by atoms with van der Waals surface area (Å²) >= 11 is 11.8. The molecule has 2 aromatic rings. The summed E-state index contributed by atoms with van der Waals surface area (Å²) in [5.74, 6) is -0.415. The van der Waals surface area contributed by atoms with Crippen LogP contribution in [0.2, 0.25) is 10.0 Å². The predicted molar refractivity (Wildman–Crippen MR) is 102 cm³/mol. The molecule has 0 bridgehead atoms. The molecule has 0 unspecified atom stereocenters. The monoisotopic (exact) mass is 378 g/mol. The van der Waals surface area contributed by atoms with Crippen LogP contribution in [0.1, 0.15) is 16.7 Å². The van der Waals surface area contributed by atoms with Crippen molar-refractivity contribution < 1.29 is 9.59 Å². The van der Waals surface area contributed by atoms with Crippen molar-refractivity contribution in [2.24, 2.45) is 0 Å². The van der Waals surface area contributed by atoms with Crippen LogP contribution >= 0.6 is 23.2 Å². The van der Waals surface area contributed by atoms with Crippen molar-refractivity contribution in [2.75, 3.05) is 18.9 Å². The van der Waals surface area contributed by atoms with Crippen LogP contribution in [0.3, 0.4) is 0 Å². The van der Waals surface area contributed by atoms with E-state index in [2.05, 4.69) is 5.32 Å². The molecule has 0 radical (unpaired) electrons. The highest BCUT2D eigenvalue weighted by Crippen LogP contribution is 2.24. The number of likely N-dealkylation sites (N-methyl/N-ethyl adjacent to an activating group) is 1. The van der Waals surface area contributed by atoms with Gasteiger partial charge < -0.3 is 10.2 Å². The van der Waals surface area contributed by atoms with E-state index in [9.17, 15) is 9.59 Å². The Labute approximate surface area is 157 Å². The Morgan fingerprint density at radius 2 is 1.72 bits per heavy atom. The van der Waals surface area contributed by atoms with E-state index in [1.807, 2.05) is 32.0 Å². The van der Waals surface area contributed by atoms with Gasteiger partial charge in [0.05, 0.1) is 23.0 Å². The molecule has 0 saturated heterocycles. The minimum atomic E-state index is -0.297. The minimum Gasteiger partial charge on any atom is -0.336 e. The number of halogens is 2. The van der Waals surface area contributed by atoms with Gasteiger partial charge in [-0.15, -0.1) is 0 Å². The predicted octanol–water partition coefficient (Wildman–Crippen LogP) is 4.25. The molecule has 0 aliphatic rings. The van der Waals surface area contributed by atoms with E-state index in [0.29, 0.717) is 15.7 Å². The summed E-state index contributed by atoms with van der Waals surface area (Å²) in [7, 11) is 1.61. The molecule has 0 heterocycles. The number of amides is 2. The second-order valence-corrected chi connectivity index (χ2v) is 6.84. The Morgan fingerprint density at radius 1 is 1.00 bits per heavy atom. The Bertz CT molecular complexity index is 806. The third-order valence-corrected chi connectivity index (χ3v) is 4.68. The van der Waals surface area contributed by atoms with Crippen molar-refractivity contribution in [3.63, 3.8) is 0 Å². The standard InChI is InChI=1S/C19H20Cl2N2O2/c1-12-4-5-14(8-13(12)2)9-19(25)23(3)11-18(24)22-15-6-7-16(20)17(21)10-15/h4-8,10H,9,11H2,1-3H3,(H,22,24). The minimum absolute atomic E-state index is 0.0378. The van der Waals surface area contributed by atoms with Gasteiger partial charge in [0.25, 0.3) is 0 Å². The van der Waals surface area contributed by atoms with Crippen LogP contribution in [0.25, 0.3) is 0 Å². The van der Waals surface area contributed by atoms with Crippen LogP contribution in [0.4, 0.5) is 5.69 Å². The first kappa shape index (κ1) is 19.3. The Kier molecular flexibility index (Phi) is 6.45. The molecule has 1 N–H and O–H groups in total. The molecule has 2 amide bonds. The van der Waals surface area contributed by atoms with Crippen LogP contribution in [-0.2, 0) is 16.0 Å². The van der Waals surface area contributed by atoms with Gasteiger partial charge in [-0.2, -0.15) is 0 Å². The van der Waals surface area contributed by atoms with E-state index in [-0.39, 0.29) is 24.8 Å². The van der Waals surface area contributed by atoms with Crippen molar-refractivity contribution in [1.29, 1.82) is 0 Å². The lowest BCUT2D eigenvalue weighted by Gasteiger charge is -2.17. The summed E-state index contributed by atoms with van der Waals surface area (Å²) in [4.78, 5) is 25.8. The summed E-state index contributed by atoms with van der Waals surface area (Å²) in [6, 6.07) is 10.8. The molecule has 0 saturated carbocycles. The number of benzene rings is 2. The van der Waals surface area contributed by atoms with Crippen molar-refractivity contribution in [3.8, 4) is 0 Å². The highest BCUT2D eigenvalue weighted by atomic mass is 35.5. The first-order valence-corrected chi connectivity index (χ1v) is 8.57. The average molecular weight is 379 g/mol. The van der Waals surface area contributed by atoms with E-state index in [0.717, 1.165) is 11.1 Å². The lowest BCUT2D eigenvalue weighted by molar-refractivity contribution is -0.132. The molecule has 6 heteroatoms. The van der Waals surface area contributed by atoms with Gasteiger partial charge in [0.2, 0.25) is 11.8 Å². The number of anilines is 1. The number of nitrogens with one attached hydrogen (secondary N) is 1. The molecule has 132 valence electrons. The molecule has 2 aromatic carbocycles. The summed E-state index contributed by atoms with van der Waals surface area (Å²) in [6.07, 6.45) is 0.262. The molecule has 2 rings (SSSR count). The fourth-order valence-electron chi connectivity index (χ4n) is 2.30. The molecule has 0 aromatic heterocycles. The maximum absolute atomic E-state index is 12.3. The van der Waals surface area contributed by atoms with E-state index in [1.54, 1.807) is 25.2 Å². The summed E-state index contributed by atoms with van der Waals surface area (Å²) in [6.45, 7) is 4.00. The fourth-order valence-corrected chi connectivity index (χ4v) is 2.60. The van der Waals surface area contributed by atoms with Gasteiger partial charge >= 0.3 is 0 Å². The van der Waals surface area contributed by atoms with Crippen molar-refractivity contribution in [2.45, 2.75) is 20.3 Å². The van der Waals surface area contributed by atoms with Crippen molar-refractivity contribution in [1.82, 2.24) is 4.90 Å². The first-order chi connectivity index (χ1) is 11.8. The molecule has 0 spiro atoms. The van der Waals surface area contributed by atoms with Crippen LogP contribution in [0, 0.1) is 13.8 Å².